The van der Waals surface area contributed by atoms with Crippen molar-refractivity contribution >= 4 is 0 Å². The molecule has 0 bridgehead atoms. The predicted octanol–water partition coefficient (Wildman–Crippen LogP) is 1.95. The SMILES string of the molecule is NCc1cc(CO)nc(C(F)(F)F)c1OC(F)(F)F. The number of aliphatic hydroxyl groups is 1. The van der Waals surface area contributed by atoms with Crippen LogP contribution in [0.15, 0.2) is 6.07 Å². The van der Waals surface area contributed by atoms with E-state index in [1.165, 1.54) is 0 Å². The lowest BCUT2D eigenvalue weighted by Crippen LogP contribution is -2.23. The van der Waals surface area contributed by atoms with Crippen LogP contribution in [0.3, 0.4) is 0 Å². The molecule has 1 rings (SSSR count). The molecule has 0 radical (unpaired) electrons. The van der Waals surface area contributed by atoms with Gasteiger partial charge in [-0.2, -0.15) is 13.2 Å². The van der Waals surface area contributed by atoms with Crippen molar-refractivity contribution in [3.05, 3.63) is 23.0 Å². The number of nitrogens with zero attached hydrogens (tertiary/aromatic N) is 1. The van der Waals surface area contributed by atoms with E-state index in [0.717, 1.165) is 6.07 Å². The van der Waals surface area contributed by atoms with Crippen LogP contribution in [0.4, 0.5) is 26.3 Å². The topological polar surface area (TPSA) is 68.4 Å². The summed E-state index contributed by atoms with van der Waals surface area (Å²) in [6, 6.07) is 0.816. The molecule has 0 saturated heterocycles. The fourth-order valence-corrected chi connectivity index (χ4v) is 1.30. The molecule has 1 aromatic heterocycles. The highest BCUT2D eigenvalue weighted by Crippen LogP contribution is 2.39. The molecule has 1 aromatic rings. The van der Waals surface area contributed by atoms with Gasteiger partial charge in [0.15, 0.2) is 11.4 Å². The molecule has 0 amide bonds. The number of pyridine rings is 1. The van der Waals surface area contributed by atoms with Crippen LogP contribution in [0, 0.1) is 0 Å². The molecule has 0 saturated carbocycles. The van der Waals surface area contributed by atoms with Gasteiger partial charge in [0.2, 0.25) is 0 Å². The number of ether oxygens (including phenoxy) is 1. The van der Waals surface area contributed by atoms with Gasteiger partial charge < -0.3 is 15.6 Å². The molecule has 4 nitrogen and oxygen atoms in total. The third-order valence-corrected chi connectivity index (χ3v) is 1.97. The standard InChI is InChI=1S/C9H8F6N2O2/c10-8(11,12)7-6(19-9(13,14)15)4(2-16)1-5(3-18)17-7/h1,18H,2-3,16H2. The average Bonchev–Trinajstić information content (AvgIpc) is 2.25. The smallest absolute Gasteiger partial charge is 0.403 e. The molecule has 19 heavy (non-hydrogen) atoms. The van der Waals surface area contributed by atoms with E-state index in [-0.39, 0.29) is 0 Å². The zero-order valence-electron chi connectivity index (χ0n) is 9.14. The Morgan fingerprint density at radius 2 is 1.79 bits per heavy atom. The van der Waals surface area contributed by atoms with Gasteiger partial charge >= 0.3 is 12.5 Å². The first kappa shape index (κ1) is 15.5. The van der Waals surface area contributed by atoms with Gasteiger partial charge in [0.1, 0.15) is 0 Å². The summed E-state index contributed by atoms with van der Waals surface area (Å²) in [7, 11) is 0. The normalized spacial score (nSPS) is 12.6. The van der Waals surface area contributed by atoms with Gasteiger partial charge in [-0.25, -0.2) is 4.98 Å². The molecule has 108 valence electrons. The number of halogens is 6. The number of rotatable bonds is 3. The van der Waals surface area contributed by atoms with E-state index >= 15 is 0 Å². The lowest BCUT2D eigenvalue weighted by Gasteiger charge is -2.18. The Hall–Kier alpha value is -1.55. The number of aliphatic hydroxyl groups excluding tert-OH is 1. The van der Waals surface area contributed by atoms with Crippen LogP contribution >= 0.6 is 0 Å². The van der Waals surface area contributed by atoms with Crippen LogP contribution in [0.25, 0.3) is 0 Å². The Morgan fingerprint density at radius 3 is 2.16 bits per heavy atom. The Labute approximate surface area is 102 Å². The van der Waals surface area contributed by atoms with Crippen molar-refractivity contribution in [1.29, 1.82) is 0 Å². The number of nitrogens with two attached hydrogens (primary N) is 1. The highest BCUT2D eigenvalue weighted by molar-refractivity contribution is 5.40. The summed E-state index contributed by atoms with van der Waals surface area (Å²) in [5.74, 6) is -1.50. The largest absolute Gasteiger partial charge is 0.573 e. The average molecular weight is 290 g/mol. The molecule has 0 aliphatic carbocycles. The molecule has 0 aliphatic heterocycles. The van der Waals surface area contributed by atoms with Gasteiger partial charge in [-0.3, -0.25) is 0 Å². The summed E-state index contributed by atoms with van der Waals surface area (Å²) >= 11 is 0. The molecule has 0 spiro atoms. The van der Waals surface area contributed by atoms with Crippen molar-refractivity contribution in [3.8, 4) is 5.75 Å². The number of alkyl halides is 6. The lowest BCUT2D eigenvalue weighted by molar-refractivity contribution is -0.276. The fourth-order valence-electron chi connectivity index (χ4n) is 1.30. The second-order valence-electron chi connectivity index (χ2n) is 3.36. The van der Waals surface area contributed by atoms with Crippen LogP contribution in [0.2, 0.25) is 0 Å². The van der Waals surface area contributed by atoms with Crippen LogP contribution in [0.1, 0.15) is 17.0 Å². The van der Waals surface area contributed by atoms with E-state index < -0.39 is 48.4 Å². The number of hydrogen-bond donors (Lipinski definition) is 2. The number of aromatic nitrogens is 1. The van der Waals surface area contributed by atoms with Gasteiger partial charge in [-0.1, -0.05) is 0 Å². The lowest BCUT2D eigenvalue weighted by atomic mass is 10.1. The monoisotopic (exact) mass is 290 g/mol. The Balaban J connectivity index is 3.47. The maximum absolute atomic E-state index is 12.6. The molecule has 10 heteroatoms. The minimum atomic E-state index is -5.31. The van der Waals surface area contributed by atoms with Crippen LogP contribution in [-0.4, -0.2) is 16.5 Å². The van der Waals surface area contributed by atoms with Crippen LogP contribution in [-0.2, 0) is 19.3 Å². The van der Waals surface area contributed by atoms with E-state index in [1.54, 1.807) is 0 Å². The van der Waals surface area contributed by atoms with Crippen molar-refractivity contribution in [1.82, 2.24) is 4.98 Å². The maximum Gasteiger partial charge on any atom is 0.573 e. The van der Waals surface area contributed by atoms with Gasteiger partial charge in [0.05, 0.1) is 12.3 Å². The summed E-state index contributed by atoms with van der Waals surface area (Å²) in [4.78, 5) is 2.90. The summed E-state index contributed by atoms with van der Waals surface area (Å²) in [6.07, 6.45) is -10.5. The predicted molar refractivity (Wildman–Crippen MR) is 49.7 cm³/mol. The minimum Gasteiger partial charge on any atom is -0.403 e. The maximum atomic E-state index is 12.6. The van der Waals surface area contributed by atoms with E-state index in [0.29, 0.717) is 0 Å². The molecule has 0 fully saturated rings. The fraction of sp³-hybridized carbons (Fsp3) is 0.444. The van der Waals surface area contributed by atoms with Crippen molar-refractivity contribution in [2.45, 2.75) is 25.7 Å². The molecule has 0 aromatic carbocycles. The van der Waals surface area contributed by atoms with Crippen LogP contribution < -0.4 is 10.5 Å². The molecular formula is C9H8F6N2O2. The van der Waals surface area contributed by atoms with E-state index in [9.17, 15) is 26.3 Å². The molecule has 0 aliphatic rings. The third kappa shape index (κ3) is 3.96. The second-order valence-corrected chi connectivity index (χ2v) is 3.36. The summed E-state index contributed by atoms with van der Waals surface area (Å²) < 4.78 is 77.5. The van der Waals surface area contributed by atoms with Gasteiger partial charge in [0, 0.05) is 12.1 Å². The quantitative estimate of drug-likeness (QED) is 0.835. The molecule has 3 N–H and O–H groups in total. The van der Waals surface area contributed by atoms with Crippen LogP contribution in [0.5, 0.6) is 5.75 Å². The van der Waals surface area contributed by atoms with Gasteiger partial charge in [0.25, 0.3) is 0 Å². The molecular weight excluding hydrogens is 282 g/mol. The molecule has 1 heterocycles. The van der Waals surface area contributed by atoms with Gasteiger partial charge in [-0.15, -0.1) is 13.2 Å². The highest BCUT2D eigenvalue weighted by atomic mass is 19.4. The molecule has 0 atom stereocenters. The van der Waals surface area contributed by atoms with Crippen molar-refractivity contribution < 1.29 is 36.2 Å². The Bertz CT molecular complexity index is 457. The Morgan fingerprint density at radius 1 is 1.21 bits per heavy atom. The summed E-state index contributed by atoms with van der Waals surface area (Å²) in [5, 5.41) is 8.74. The van der Waals surface area contributed by atoms with Crippen molar-refractivity contribution in [3.63, 3.8) is 0 Å². The molecule has 0 unspecified atom stereocenters. The van der Waals surface area contributed by atoms with E-state index in [1.807, 2.05) is 0 Å². The zero-order valence-corrected chi connectivity index (χ0v) is 9.14. The van der Waals surface area contributed by atoms with E-state index in [2.05, 4.69) is 9.72 Å². The minimum absolute atomic E-state index is 0.456. The number of hydrogen-bond acceptors (Lipinski definition) is 4. The first-order chi connectivity index (χ1) is 8.58. The van der Waals surface area contributed by atoms with E-state index in [4.69, 9.17) is 10.8 Å². The van der Waals surface area contributed by atoms with Crippen molar-refractivity contribution in [2.75, 3.05) is 0 Å². The van der Waals surface area contributed by atoms with Gasteiger partial charge in [-0.05, 0) is 6.07 Å². The highest BCUT2D eigenvalue weighted by Gasteiger charge is 2.42. The first-order valence-corrected chi connectivity index (χ1v) is 4.75. The second kappa shape index (κ2) is 5.21. The zero-order chi connectivity index (χ0) is 14.8. The third-order valence-electron chi connectivity index (χ3n) is 1.97. The first-order valence-electron chi connectivity index (χ1n) is 4.75. The Kier molecular flexibility index (Phi) is 4.25. The summed E-state index contributed by atoms with van der Waals surface area (Å²) in [5.41, 5.74) is 2.19. The summed E-state index contributed by atoms with van der Waals surface area (Å²) in [6.45, 7) is -1.51. The van der Waals surface area contributed by atoms with Crippen molar-refractivity contribution in [2.24, 2.45) is 5.73 Å².